The minimum absolute atomic E-state index is 0.0146. The van der Waals surface area contributed by atoms with Crippen LogP contribution in [0, 0.1) is 0 Å². The first-order chi connectivity index (χ1) is 9.79. The van der Waals surface area contributed by atoms with Crippen LogP contribution in [0.2, 0.25) is 0 Å². The Kier molecular flexibility index (Phi) is 3.84. The number of piperidine rings is 1. The quantitative estimate of drug-likeness (QED) is 0.909. The fraction of sp³-hybridized carbons (Fsp3) is 0.429. The second-order valence-corrected chi connectivity index (χ2v) is 5.98. The number of thiophene rings is 1. The van der Waals surface area contributed by atoms with Crippen molar-refractivity contribution < 1.29 is 4.79 Å². The SMILES string of the molecule is NCC1CCCCN1C(=O)c1cc(-c2cccs2)[nH]n1. The van der Waals surface area contributed by atoms with E-state index in [4.69, 9.17) is 5.73 Å². The molecule has 2 aromatic rings. The lowest BCUT2D eigenvalue weighted by atomic mass is 10.0. The van der Waals surface area contributed by atoms with Crippen molar-refractivity contribution in [1.82, 2.24) is 15.1 Å². The zero-order chi connectivity index (χ0) is 13.9. The minimum atomic E-state index is -0.0146. The van der Waals surface area contributed by atoms with E-state index in [0.717, 1.165) is 36.4 Å². The zero-order valence-electron chi connectivity index (χ0n) is 11.2. The van der Waals surface area contributed by atoms with Gasteiger partial charge in [0.05, 0.1) is 10.6 Å². The van der Waals surface area contributed by atoms with Gasteiger partial charge in [-0.1, -0.05) is 6.07 Å². The smallest absolute Gasteiger partial charge is 0.274 e. The van der Waals surface area contributed by atoms with Gasteiger partial charge in [-0.2, -0.15) is 5.10 Å². The molecule has 20 heavy (non-hydrogen) atoms. The van der Waals surface area contributed by atoms with Crippen molar-refractivity contribution in [2.24, 2.45) is 5.73 Å². The van der Waals surface area contributed by atoms with E-state index in [1.807, 2.05) is 28.5 Å². The summed E-state index contributed by atoms with van der Waals surface area (Å²) in [5.74, 6) is -0.0146. The molecular formula is C14H18N4OS. The van der Waals surface area contributed by atoms with Crippen LogP contribution >= 0.6 is 11.3 Å². The maximum Gasteiger partial charge on any atom is 0.274 e. The highest BCUT2D eigenvalue weighted by Crippen LogP contribution is 2.24. The Morgan fingerprint density at radius 3 is 3.20 bits per heavy atom. The Morgan fingerprint density at radius 1 is 1.55 bits per heavy atom. The standard InChI is InChI=1S/C14H18N4OS/c15-9-10-4-1-2-6-18(10)14(19)12-8-11(16-17-12)13-5-3-7-20-13/h3,5,7-8,10H,1-2,4,6,9,15H2,(H,16,17). The summed E-state index contributed by atoms with van der Waals surface area (Å²) in [5.41, 5.74) is 7.14. The Bertz CT molecular complexity index is 578. The Balaban J connectivity index is 1.80. The second kappa shape index (κ2) is 5.76. The van der Waals surface area contributed by atoms with Gasteiger partial charge in [-0.25, -0.2) is 0 Å². The molecule has 1 aliphatic rings. The molecule has 2 aromatic heterocycles. The largest absolute Gasteiger partial charge is 0.333 e. The number of hydrogen-bond acceptors (Lipinski definition) is 4. The number of carbonyl (C=O) groups is 1. The molecule has 1 unspecified atom stereocenters. The van der Waals surface area contributed by atoms with E-state index in [1.165, 1.54) is 0 Å². The molecule has 0 bridgehead atoms. The van der Waals surface area contributed by atoms with Gasteiger partial charge in [0.2, 0.25) is 0 Å². The third-order valence-electron chi connectivity index (χ3n) is 3.74. The molecule has 0 aromatic carbocycles. The van der Waals surface area contributed by atoms with E-state index in [9.17, 15) is 4.79 Å². The first kappa shape index (κ1) is 13.3. The lowest BCUT2D eigenvalue weighted by molar-refractivity contribution is 0.0617. The predicted molar refractivity (Wildman–Crippen MR) is 79.6 cm³/mol. The van der Waals surface area contributed by atoms with Crippen molar-refractivity contribution in [3.63, 3.8) is 0 Å². The van der Waals surface area contributed by atoms with Gasteiger partial charge in [0.25, 0.3) is 5.91 Å². The van der Waals surface area contributed by atoms with E-state index in [-0.39, 0.29) is 11.9 Å². The van der Waals surface area contributed by atoms with Gasteiger partial charge in [0.15, 0.2) is 5.69 Å². The van der Waals surface area contributed by atoms with E-state index in [2.05, 4.69) is 10.2 Å². The molecule has 3 rings (SSSR count). The molecule has 106 valence electrons. The van der Waals surface area contributed by atoms with Crippen LogP contribution in [0.5, 0.6) is 0 Å². The fourth-order valence-corrected chi connectivity index (χ4v) is 3.34. The summed E-state index contributed by atoms with van der Waals surface area (Å²) in [7, 11) is 0. The molecule has 0 radical (unpaired) electrons. The van der Waals surface area contributed by atoms with Crippen LogP contribution in [0.3, 0.4) is 0 Å². The van der Waals surface area contributed by atoms with Gasteiger partial charge in [-0.3, -0.25) is 9.89 Å². The second-order valence-electron chi connectivity index (χ2n) is 5.03. The summed E-state index contributed by atoms with van der Waals surface area (Å²) >= 11 is 1.63. The molecule has 1 atom stereocenters. The summed E-state index contributed by atoms with van der Waals surface area (Å²) in [5, 5.41) is 9.12. The van der Waals surface area contributed by atoms with Crippen LogP contribution in [0.15, 0.2) is 23.6 Å². The third kappa shape index (κ3) is 2.48. The molecule has 3 heterocycles. The van der Waals surface area contributed by atoms with Crippen molar-refractivity contribution in [3.05, 3.63) is 29.3 Å². The number of amides is 1. The van der Waals surface area contributed by atoms with Gasteiger partial charge in [0, 0.05) is 19.1 Å². The van der Waals surface area contributed by atoms with Crippen molar-refractivity contribution in [2.45, 2.75) is 25.3 Å². The summed E-state index contributed by atoms with van der Waals surface area (Å²) in [6.07, 6.45) is 3.18. The van der Waals surface area contributed by atoms with Crippen molar-refractivity contribution >= 4 is 17.2 Å². The molecule has 0 spiro atoms. The van der Waals surface area contributed by atoms with Gasteiger partial charge in [0.1, 0.15) is 0 Å². The number of aromatic amines is 1. The summed E-state index contributed by atoms with van der Waals surface area (Å²) < 4.78 is 0. The zero-order valence-corrected chi connectivity index (χ0v) is 12.0. The number of rotatable bonds is 3. The van der Waals surface area contributed by atoms with Gasteiger partial charge >= 0.3 is 0 Å². The lowest BCUT2D eigenvalue weighted by Crippen LogP contribution is -2.47. The van der Waals surface area contributed by atoms with Gasteiger partial charge in [-0.05, 0) is 36.8 Å². The highest BCUT2D eigenvalue weighted by atomic mass is 32.1. The first-order valence-electron chi connectivity index (χ1n) is 6.90. The molecular weight excluding hydrogens is 272 g/mol. The molecule has 1 fully saturated rings. The monoisotopic (exact) mass is 290 g/mol. The van der Waals surface area contributed by atoms with Crippen LogP contribution in [0.1, 0.15) is 29.8 Å². The summed E-state index contributed by atoms with van der Waals surface area (Å²) in [6.45, 7) is 1.30. The van der Waals surface area contributed by atoms with E-state index >= 15 is 0 Å². The van der Waals surface area contributed by atoms with Crippen molar-refractivity contribution in [1.29, 1.82) is 0 Å². The highest BCUT2D eigenvalue weighted by molar-refractivity contribution is 7.13. The van der Waals surface area contributed by atoms with Crippen LogP contribution in [-0.2, 0) is 0 Å². The Hall–Kier alpha value is -1.66. The molecule has 0 saturated carbocycles. The molecule has 3 N–H and O–H groups in total. The van der Waals surface area contributed by atoms with E-state index in [1.54, 1.807) is 11.3 Å². The molecule has 1 saturated heterocycles. The van der Waals surface area contributed by atoms with Crippen LogP contribution < -0.4 is 5.73 Å². The normalized spacial score (nSPS) is 19.2. The van der Waals surface area contributed by atoms with Gasteiger partial charge < -0.3 is 10.6 Å². The number of nitrogens with one attached hydrogen (secondary N) is 1. The average molecular weight is 290 g/mol. The molecule has 1 amide bonds. The number of likely N-dealkylation sites (tertiary alicyclic amines) is 1. The van der Waals surface area contributed by atoms with Crippen molar-refractivity contribution in [2.75, 3.05) is 13.1 Å². The summed E-state index contributed by atoms with van der Waals surface area (Å²) in [4.78, 5) is 15.5. The number of aromatic nitrogens is 2. The first-order valence-corrected chi connectivity index (χ1v) is 7.78. The maximum absolute atomic E-state index is 12.5. The summed E-state index contributed by atoms with van der Waals surface area (Å²) in [6, 6.07) is 5.97. The Morgan fingerprint density at radius 2 is 2.45 bits per heavy atom. The van der Waals surface area contributed by atoms with Crippen LogP contribution in [-0.4, -0.2) is 40.1 Å². The topological polar surface area (TPSA) is 75.0 Å². The van der Waals surface area contributed by atoms with Crippen LogP contribution in [0.25, 0.3) is 10.6 Å². The molecule has 0 aliphatic carbocycles. The number of hydrogen-bond donors (Lipinski definition) is 2. The minimum Gasteiger partial charge on any atom is -0.333 e. The van der Waals surface area contributed by atoms with E-state index < -0.39 is 0 Å². The molecule has 5 nitrogen and oxygen atoms in total. The number of H-pyrrole nitrogens is 1. The maximum atomic E-state index is 12.5. The lowest BCUT2D eigenvalue weighted by Gasteiger charge is -2.34. The van der Waals surface area contributed by atoms with E-state index in [0.29, 0.717) is 12.2 Å². The average Bonchev–Trinajstić information content (AvgIpc) is 3.16. The van der Waals surface area contributed by atoms with Gasteiger partial charge in [-0.15, -0.1) is 11.3 Å². The molecule has 6 heteroatoms. The van der Waals surface area contributed by atoms with Crippen molar-refractivity contribution in [3.8, 4) is 10.6 Å². The highest BCUT2D eigenvalue weighted by Gasteiger charge is 2.27. The Labute approximate surface area is 121 Å². The number of carbonyl (C=O) groups excluding carboxylic acids is 1. The third-order valence-corrected chi connectivity index (χ3v) is 4.65. The number of nitrogens with zero attached hydrogens (tertiary/aromatic N) is 2. The predicted octanol–water partition coefficient (Wildman–Crippen LogP) is 2.09. The molecule has 1 aliphatic heterocycles. The fourth-order valence-electron chi connectivity index (χ4n) is 2.65. The number of nitrogens with two attached hydrogens (primary N) is 1. The van der Waals surface area contributed by atoms with Crippen LogP contribution in [0.4, 0.5) is 0 Å².